The Morgan fingerprint density at radius 2 is 2.00 bits per heavy atom. The maximum atomic E-state index is 13.8. The molecular weight excluding hydrogens is 411 g/mol. The van der Waals surface area contributed by atoms with Crippen LogP contribution in [-0.4, -0.2) is 35.1 Å². The molecule has 154 valence electrons. The third-order valence-corrected chi connectivity index (χ3v) is 6.51. The summed E-state index contributed by atoms with van der Waals surface area (Å²) in [7, 11) is 0. The van der Waals surface area contributed by atoms with Gasteiger partial charge >= 0.3 is 0 Å². The fourth-order valence-electron chi connectivity index (χ4n) is 3.35. The first kappa shape index (κ1) is 21.7. The summed E-state index contributed by atoms with van der Waals surface area (Å²) < 4.78 is 13.8. The molecule has 0 bridgehead atoms. The number of carbonyl (C=O) groups is 2. The summed E-state index contributed by atoms with van der Waals surface area (Å²) in [5, 5.41) is 2.81. The third kappa shape index (κ3) is 5.11. The molecule has 0 aliphatic carbocycles. The van der Waals surface area contributed by atoms with Crippen molar-refractivity contribution in [3.05, 3.63) is 70.5 Å². The van der Waals surface area contributed by atoms with Crippen molar-refractivity contribution in [3.8, 4) is 0 Å². The maximum Gasteiger partial charge on any atom is 0.257 e. The molecule has 7 heteroatoms. The SMILES string of the molecule is CCCCCNC(=O)C1CSC(c2cccc(F)c2)N1C(=O)c1ccccc1Cl. The number of thioether (sulfide) groups is 1. The Morgan fingerprint density at radius 1 is 1.21 bits per heavy atom. The predicted octanol–water partition coefficient (Wildman–Crippen LogP) is 5.04. The Kier molecular flexibility index (Phi) is 7.56. The molecule has 1 heterocycles. The maximum absolute atomic E-state index is 13.8. The molecule has 0 radical (unpaired) electrons. The second kappa shape index (κ2) is 10.1. The molecule has 1 saturated heterocycles. The molecule has 0 aromatic heterocycles. The number of hydrogen-bond acceptors (Lipinski definition) is 3. The minimum atomic E-state index is -0.640. The van der Waals surface area contributed by atoms with E-state index in [0.29, 0.717) is 28.4 Å². The molecule has 2 aromatic rings. The van der Waals surface area contributed by atoms with E-state index in [4.69, 9.17) is 11.6 Å². The van der Waals surface area contributed by atoms with Crippen LogP contribution in [0.2, 0.25) is 5.02 Å². The molecule has 1 N–H and O–H groups in total. The number of nitrogens with one attached hydrogen (secondary N) is 1. The van der Waals surface area contributed by atoms with E-state index >= 15 is 0 Å². The van der Waals surface area contributed by atoms with Gasteiger partial charge in [0.1, 0.15) is 17.2 Å². The molecule has 1 aliphatic heterocycles. The smallest absolute Gasteiger partial charge is 0.257 e. The van der Waals surface area contributed by atoms with Crippen LogP contribution in [0.3, 0.4) is 0 Å². The Bertz CT molecular complexity index is 879. The molecule has 2 amide bonds. The van der Waals surface area contributed by atoms with E-state index in [1.807, 2.05) is 0 Å². The Labute approximate surface area is 179 Å². The summed E-state index contributed by atoms with van der Waals surface area (Å²) in [5.41, 5.74) is 0.985. The minimum absolute atomic E-state index is 0.187. The monoisotopic (exact) mass is 434 g/mol. The van der Waals surface area contributed by atoms with Crippen molar-refractivity contribution < 1.29 is 14.0 Å². The standard InChI is InChI=1S/C22H24ClFN2O2S/c1-2-3-6-12-25-20(27)19-14-29-22(15-8-7-9-16(24)13-15)26(19)21(28)17-10-4-5-11-18(17)23/h4-5,7-11,13,19,22H,2-3,6,12,14H2,1H3,(H,25,27). The average Bonchev–Trinajstić information content (AvgIpc) is 3.16. The van der Waals surface area contributed by atoms with E-state index in [2.05, 4.69) is 12.2 Å². The van der Waals surface area contributed by atoms with Crippen LogP contribution in [0, 0.1) is 5.82 Å². The lowest BCUT2D eigenvalue weighted by atomic mass is 10.1. The Hall–Kier alpha value is -2.05. The lowest BCUT2D eigenvalue weighted by Gasteiger charge is -2.29. The van der Waals surface area contributed by atoms with E-state index in [0.717, 1.165) is 19.3 Å². The van der Waals surface area contributed by atoms with Crippen molar-refractivity contribution in [3.63, 3.8) is 0 Å². The van der Waals surface area contributed by atoms with Gasteiger partial charge < -0.3 is 10.2 Å². The number of hydrogen-bond donors (Lipinski definition) is 1. The molecule has 2 unspecified atom stereocenters. The highest BCUT2D eigenvalue weighted by atomic mass is 35.5. The molecule has 4 nitrogen and oxygen atoms in total. The summed E-state index contributed by atoms with van der Waals surface area (Å²) in [5.74, 6) is -0.450. The lowest BCUT2D eigenvalue weighted by Crippen LogP contribution is -2.48. The van der Waals surface area contributed by atoms with Crippen LogP contribution in [0.1, 0.15) is 47.5 Å². The second-order valence-electron chi connectivity index (χ2n) is 6.95. The number of amides is 2. The Balaban J connectivity index is 1.89. The van der Waals surface area contributed by atoms with Crippen LogP contribution in [0.15, 0.2) is 48.5 Å². The van der Waals surface area contributed by atoms with Crippen LogP contribution >= 0.6 is 23.4 Å². The van der Waals surface area contributed by atoms with Gasteiger partial charge in [0.05, 0.1) is 10.6 Å². The first-order chi connectivity index (χ1) is 14.0. The molecule has 29 heavy (non-hydrogen) atoms. The predicted molar refractivity (Wildman–Crippen MR) is 116 cm³/mol. The first-order valence-corrected chi connectivity index (χ1v) is 11.2. The zero-order valence-electron chi connectivity index (χ0n) is 16.2. The fraction of sp³-hybridized carbons (Fsp3) is 0.364. The van der Waals surface area contributed by atoms with E-state index in [1.165, 1.54) is 28.8 Å². The summed E-state index contributed by atoms with van der Waals surface area (Å²) in [6.45, 7) is 2.68. The normalized spacial score (nSPS) is 18.7. The lowest BCUT2D eigenvalue weighted by molar-refractivity contribution is -0.124. The van der Waals surface area contributed by atoms with Crippen LogP contribution in [0.4, 0.5) is 4.39 Å². The zero-order chi connectivity index (χ0) is 20.8. The summed E-state index contributed by atoms with van der Waals surface area (Å²) in [4.78, 5) is 27.8. The second-order valence-corrected chi connectivity index (χ2v) is 8.47. The summed E-state index contributed by atoms with van der Waals surface area (Å²) in [6.07, 6.45) is 3.00. The van der Waals surface area contributed by atoms with Crippen molar-refractivity contribution >= 4 is 35.2 Å². The molecule has 2 aromatic carbocycles. The molecular formula is C22H24ClFN2O2S. The van der Waals surface area contributed by atoms with Crippen molar-refractivity contribution in [2.45, 2.75) is 37.6 Å². The third-order valence-electron chi connectivity index (χ3n) is 4.86. The molecule has 1 aliphatic rings. The quantitative estimate of drug-likeness (QED) is 0.621. The molecule has 3 rings (SSSR count). The van der Waals surface area contributed by atoms with Crippen molar-refractivity contribution in [1.29, 1.82) is 0 Å². The highest BCUT2D eigenvalue weighted by Crippen LogP contribution is 2.42. The van der Waals surface area contributed by atoms with Gasteiger partial charge in [-0.3, -0.25) is 9.59 Å². The van der Waals surface area contributed by atoms with Crippen LogP contribution < -0.4 is 5.32 Å². The van der Waals surface area contributed by atoms with Gasteiger partial charge in [-0.15, -0.1) is 11.8 Å². The topological polar surface area (TPSA) is 49.4 Å². The van der Waals surface area contributed by atoms with Crippen LogP contribution in [0.5, 0.6) is 0 Å². The molecule has 2 atom stereocenters. The average molecular weight is 435 g/mol. The van der Waals surface area contributed by atoms with Gasteiger partial charge in [0, 0.05) is 12.3 Å². The van der Waals surface area contributed by atoms with E-state index in [-0.39, 0.29) is 17.6 Å². The van der Waals surface area contributed by atoms with Gasteiger partial charge in [-0.2, -0.15) is 0 Å². The number of halogens is 2. The number of carbonyl (C=O) groups excluding carboxylic acids is 2. The highest BCUT2D eigenvalue weighted by Gasteiger charge is 2.43. The van der Waals surface area contributed by atoms with Gasteiger partial charge in [-0.05, 0) is 36.2 Å². The minimum Gasteiger partial charge on any atom is -0.354 e. The number of unbranched alkanes of at least 4 members (excludes halogenated alkanes) is 2. The fourth-order valence-corrected chi connectivity index (χ4v) is 4.99. The van der Waals surface area contributed by atoms with Gasteiger partial charge in [-0.25, -0.2) is 4.39 Å². The van der Waals surface area contributed by atoms with Crippen molar-refractivity contribution in [2.24, 2.45) is 0 Å². The van der Waals surface area contributed by atoms with E-state index in [9.17, 15) is 14.0 Å². The first-order valence-electron chi connectivity index (χ1n) is 9.75. The summed E-state index contributed by atoms with van der Waals surface area (Å²) in [6, 6.07) is 12.3. The van der Waals surface area contributed by atoms with Crippen molar-refractivity contribution in [1.82, 2.24) is 10.2 Å². The molecule has 1 fully saturated rings. The van der Waals surface area contributed by atoms with Gasteiger partial charge in [0.25, 0.3) is 5.91 Å². The largest absolute Gasteiger partial charge is 0.354 e. The van der Waals surface area contributed by atoms with Gasteiger partial charge in [-0.1, -0.05) is 55.6 Å². The van der Waals surface area contributed by atoms with Gasteiger partial charge in [0.2, 0.25) is 5.91 Å². The number of nitrogens with zero attached hydrogens (tertiary/aromatic N) is 1. The molecule has 0 saturated carbocycles. The van der Waals surface area contributed by atoms with Crippen molar-refractivity contribution in [2.75, 3.05) is 12.3 Å². The molecule has 0 spiro atoms. The van der Waals surface area contributed by atoms with E-state index in [1.54, 1.807) is 36.4 Å². The highest BCUT2D eigenvalue weighted by molar-refractivity contribution is 7.99. The van der Waals surface area contributed by atoms with Crippen LogP contribution in [-0.2, 0) is 4.79 Å². The summed E-state index contributed by atoms with van der Waals surface area (Å²) >= 11 is 7.70. The number of benzene rings is 2. The zero-order valence-corrected chi connectivity index (χ0v) is 17.8. The Morgan fingerprint density at radius 3 is 2.72 bits per heavy atom. The number of rotatable bonds is 7. The van der Waals surface area contributed by atoms with Gasteiger partial charge in [0.15, 0.2) is 0 Å². The van der Waals surface area contributed by atoms with Crippen LogP contribution in [0.25, 0.3) is 0 Å². The van der Waals surface area contributed by atoms with E-state index < -0.39 is 11.4 Å².